The molecular formula is C17H14F5N3O2S. The van der Waals surface area contributed by atoms with E-state index in [1.54, 1.807) is 18.2 Å². The van der Waals surface area contributed by atoms with E-state index in [0.29, 0.717) is 11.3 Å². The molecule has 1 N–H and O–H groups in total. The van der Waals surface area contributed by atoms with E-state index in [4.69, 9.17) is 0 Å². The number of rotatable bonds is 4. The van der Waals surface area contributed by atoms with E-state index in [1.165, 1.54) is 24.3 Å². The Hall–Kier alpha value is -2.56. The molecule has 0 aliphatic carbocycles. The van der Waals surface area contributed by atoms with Crippen LogP contribution in [0, 0.1) is 0 Å². The van der Waals surface area contributed by atoms with Gasteiger partial charge in [-0.3, -0.25) is 4.98 Å². The van der Waals surface area contributed by atoms with Gasteiger partial charge in [-0.25, -0.2) is 8.42 Å². The number of benzene rings is 1. The van der Waals surface area contributed by atoms with Crippen LogP contribution in [-0.4, -0.2) is 37.5 Å². The maximum Gasteiger partial charge on any atom is 0.459 e. The number of halogens is 5. The van der Waals surface area contributed by atoms with Gasteiger partial charge in [-0.05, 0) is 24.3 Å². The molecule has 1 unspecified atom stereocenters. The highest BCUT2D eigenvalue weighted by Crippen LogP contribution is 2.40. The first kappa shape index (κ1) is 20.2. The molecular weight excluding hydrogens is 405 g/mol. The van der Waals surface area contributed by atoms with Crippen LogP contribution >= 0.6 is 0 Å². The monoisotopic (exact) mass is 419 g/mol. The summed E-state index contributed by atoms with van der Waals surface area (Å²) >= 11 is 0. The summed E-state index contributed by atoms with van der Waals surface area (Å²) in [7, 11) is -3.45. The third-order valence-corrected chi connectivity index (χ3v) is 5.27. The molecule has 0 fully saturated rings. The van der Waals surface area contributed by atoms with Gasteiger partial charge in [0, 0.05) is 18.2 Å². The Morgan fingerprint density at radius 1 is 1.07 bits per heavy atom. The van der Waals surface area contributed by atoms with E-state index >= 15 is 0 Å². The molecule has 0 bridgehead atoms. The van der Waals surface area contributed by atoms with E-state index in [-0.39, 0.29) is 10.6 Å². The predicted octanol–water partition coefficient (Wildman–Crippen LogP) is 3.74. The van der Waals surface area contributed by atoms with Crippen LogP contribution in [0.2, 0.25) is 0 Å². The van der Waals surface area contributed by atoms with Crippen LogP contribution in [0.15, 0.2) is 52.5 Å². The highest BCUT2D eigenvalue weighted by Gasteiger charge is 2.62. The van der Waals surface area contributed by atoms with E-state index in [9.17, 15) is 30.4 Å². The van der Waals surface area contributed by atoms with Crippen LogP contribution in [0.25, 0.3) is 11.3 Å². The largest absolute Gasteiger partial charge is 0.459 e. The van der Waals surface area contributed by atoms with Crippen molar-refractivity contribution in [2.75, 3.05) is 6.26 Å². The van der Waals surface area contributed by atoms with E-state index in [0.717, 1.165) is 6.26 Å². The van der Waals surface area contributed by atoms with Crippen LogP contribution in [-0.2, 0) is 9.84 Å². The molecule has 0 saturated carbocycles. The number of nitrogens with zero attached hydrogens (tertiary/aromatic N) is 2. The second kappa shape index (κ2) is 6.80. The molecule has 1 aromatic heterocycles. The van der Waals surface area contributed by atoms with Gasteiger partial charge in [0.05, 0.1) is 22.3 Å². The highest BCUT2D eigenvalue weighted by atomic mass is 32.2. The van der Waals surface area contributed by atoms with Gasteiger partial charge < -0.3 is 5.43 Å². The van der Waals surface area contributed by atoms with Crippen molar-refractivity contribution in [2.45, 2.75) is 29.5 Å². The van der Waals surface area contributed by atoms with Gasteiger partial charge in [0.25, 0.3) is 0 Å². The second-order valence-electron chi connectivity index (χ2n) is 6.26. The molecule has 1 atom stereocenters. The number of alkyl halides is 5. The van der Waals surface area contributed by atoms with Crippen molar-refractivity contribution < 1.29 is 30.4 Å². The number of nitrogens with one attached hydrogen (secondary N) is 1. The third kappa shape index (κ3) is 3.84. The zero-order valence-electron chi connectivity index (χ0n) is 14.3. The van der Waals surface area contributed by atoms with Crippen molar-refractivity contribution in [1.82, 2.24) is 10.4 Å². The Bertz CT molecular complexity index is 1040. The maximum absolute atomic E-state index is 13.5. The molecule has 0 saturated heterocycles. The summed E-state index contributed by atoms with van der Waals surface area (Å²) in [5, 5.41) is 3.16. The molecule has 1 aliphatic rings. The minimum Gasteiger partial charge on any atom is -0.300 e. The topological polar surface area (TPSA) is 71.4 Å². The molecule has 2 heterocycles. The lowest BCUT2D eigenvalue weighted by atomic mass is 10.0. The van der Waals surface area contributed by atoms with Crippen molar-refractivity contribution in [3.8, 4) is 11.3 Å². The molecule has 150 valence electrons. The Labute approximate surface area is 157 Å². The molecule has 0 radical (unpaired) electrons. The summed E-state index contributed by atoms with van der Waals surface area (Å²) in [6.45, 7) is 0. The molecule has 2 aromatic rings. The summed E-state index contributed by atoms with van der Waals surface area (Å²) in [5.41, 5.74) is 1.97. The fourth-order valence-corrected chi connectivity index (χ4v) is 3.33. The number of hydrogen-bond acceptors (Lipinski definition) is 5. The molecule has 28 heavy (non-hydrogen) atoms. The average molecular weight is 419 g/mol. The minimum atomic E-state index is -5.73. The summed E-state index contributed by atoms with van der Waals surface area (Å²) in [6.07, 6.45) is -5.34. The van der Waals surface area contributed by atoms with Crippen molar-refractivity contribution in [3.63, 3.8) is 0 Å². The predicted molar refractivity (Wildman–Crippen MR) is 91.7 cm³/mol. The van der Waals surface area contributed by atoms with Crippen LogP contribution in [0.4, 0.5) is 22.0 Å². The smallest absolute Gasteiger partial charge is 0.300 e. The number of pyridine rings is 1. The Kier molecular flexibility index (Phi) is 4.90. The first-order valence-electron chi connectivity index (χ1n) is 7.94. The van der Waals surface area contributed by atoms with Gasteiger partial charge >= 0.3 is 12.1 Å². The summed E-state index contributed by atoms with van der Waals surface area (Å²) in [4.78, 5) is 4.35. The number of aromatic nitrogens is 1. The van der Waals surface area contributed by atoms with Gasteiger partial charge in [0.15, 0.2) is 9.84 Å². The van der Waals surface area contributed by atoms with Gasteiger partial charge in [0.1, 0.15) is 5.71 Å². The maximum atomic E-state index is 13.5. The van der Waals surface area contributed by atoms with E-state index < -0.39 is 40.1 Å². The first-order valence-corrected chi connectivity index (χ1v) is 9.83. The molecule has 0 amide bonds. The molecule has 11 heteroatoms. The Morgan fingerprint density at radius 3 is 2.39 bits per heavy atom. The summed E-state index contributed by atoms with van der Waals surface area (Å²) in [5.74, 6) is -5.03. The fraction of sp³-hybridized carbons (Fsp3) is 0.294. The normalized spacial score (nSPS) is 17.9. The highest BCUT2D eigenvalue weighted by molar-refractivity contribution is 7.90. The quantitative estimate of drug-likeness (QED) is 0.767. The van der Waals surface area contributed by atoms with Crippen LogP contribution < -0.4 is 5.43 Å². The van der Waals surface area contributed by atoms with Gasteiger partial charge in [0.2, 0.25) is 0 Å². The molecule has 0 spiro atoms. The zero-order valence-corrected chi connectivity index (χ0v) is 15.2. The second-order valence-corrected chi connectivity index (χ2v) is 8.28. The lowest BCUT2D eigenvalue weighted by Crippen LogP contribution is -2.43. The van der Waals surface area contributed by atoms with Crippen LogP contribution in [0.3, 0.4) is 0 Å². The van der Waals surface area contributed by atoms with Gasteiger partial charge in [-0.15, -0.1) is 0 Å². The van der Waals surface area contributed by atoms with E-state index in [2.05, 4.69) is 15.5 Å². The minimum absolute atomic E-state index is 0.0756. The molecule has 3 rings (SSSR count). The molecule has 1 aromatic carbocycles. The van der Waals surface area contributed by atoms with E-state index in [1.807, 2.05) is 0 Å². The lowest BCUT2D eigenvalue weighted by molar-refractivity contribution is -0.249. The Balaban J connectivity index is 1.86. The fourth-order valence-electron chi connectivity index (χ4n) is 2.67. The van der Waals surface area contributed by atoms with Crippen molar-refractivity contribution in [3.05, 3.63) is 48.2 Å². The van der Waals surface area contributed by atoms with Crippen molar-refractivity contribution in [2.24, 2.45) is 5.10 Å². The molecule has 5 nitrogen and oxygen atoms in total. The number of sulfone groups is 1. The lowest BCUT2D eigenvalue weighted by Gasteiger charge is -2.19. The first-order chi connectivity index (χ1) is 12.9. The van der Waals surface area contributed by atoms with Gasteiger partial charge in [-0.1, -0.05) is 18.2 Å². The Morgan fingerprint density at radius 2 is 1.75 bits per heavy atom. The third-order valence-electron chi connectivity index (χ3n) is 4.16. The molecule has 1 aliphatic heterocycles. The van der Waals surface area contributed by atoms with Crippen molar-refractivity contribution in [1.29, 1.82) is 0 Å². The average Bonchev–Trinajstić information content (AvgIpc) is 3.11. The van der Waals surface area contributed by atoms with Crippen LogP contribution in [0.5, 0.6) is 0 Å². The SMILES string of the molecule is CS(=O)(=O)c1cccc(-c2cccc(C3CC(C(F)(F)C(F)(F)F)=NN3)n2)c1. The zero-order chi connectivity index (χ0) is 20.7. The van der Waals surface area contributed by atoms with Crippen molar-refractivity contribution >= 4 is 15.5 Å². The van der Waals surface area contributed by atoms with Crippen LogP contribution in [0.1, 0.15) is 18.2 Å². The van der Waals surface area contributed by atoms with Gasteiger partial charge in [-0.2, -0.15) is 27.1 Å². The summed E-state index contributed by atoms with van der Waals surface area (Å²) < 4.78 is 87.8. The number of hydrogen-bond donors (Lipinski definition) is 1. The standard InChI is InChI=1S/C17H14F5N3O2S/c1-28(26,27)11-5-2-4-10(8-11)12-6-3-7-13(23-12)14-9-15(25-24-14)16(18,19)17(20,21)22/h2-8,14,24H,9H2,1H3. The summed E-state index contributed by atoms with van der Waals surface area (Å²) in [6, 6.07) is 9.59. The number of hydrazone groups is 1.